The Labute approximate surface area is 163 Å². The Hall–Kier alpha value is -2.42. The van der Waals surface area contributed by atoms with Crippen LogP contribution in [0.4, 0.5) is 4.39 Å². The molecule has 1 aromatic carbocycles. The fraction of sp³-hybridized carbons (Fsp3) is 0.375. The van der Waals surface area contributed by atoms with Crippen LogP contribution in [-0.4, -0.2) is 9.55 Å². The Balaban J connectivity index is 2.68. The molecule has 0 unspecified atom stereocenters. The number of hydrogen-bond acceptors (Lipinski definition) is 1. The van der Waals surface area contributed by atoms with Gasteiger partial charge < -0.3 is 0 Å². The quantitative estimate of drug-likeness (QED) is 0.455. The van der Waals surface area contributed by atoms with E-state index in [1.165, 1.54) is 23.3 Å². The molecule has 27 heavy (non-hydrogen) atoms. The Bertz CT molecular complexity index is 820. The predicted octanol–water partition coefficient (Wildman–Crippen LogP) is 7.12. The van der Waals surface area contributed by atoms with Crippen molar-refractivity contribution in [3.05, 3.63) is 72.4 Å². The first-order valence-corrected chi connectivity index (χ1v) is 9.68. The summed E-state index contributed by atoms with van der Waals surface area (Å²) in [5.41, 5.74) is 4.53. The van der Waals surface area contributed by atoms with Gasteiger partial charge in [0.1, 0.15) is 11.6 Å². The van der Waals surface area contributed by atoms with E-state index in [1.807, 2.05) is 12.3 Å². The molecule has 0 saturated heterocycles. The smallest absolute Gasteiger partial charge is 0.144 e. The summed E-state index contributed by atoms with van der Waals surface area (Å²) < 4.78 is 15.5. The number of benzene rings is 1. The normalized spacial score (nSPS) is 13.3. The fourth-order valence-corrected chi connectivity index (χ4v) is 3.32. The molecule has 0 atom stereocenters. The van der Waals surface area contributed by atoms with E-state index in [9.17, 15) is 4.39 Å². The van der Waals surface area contributed by atoms with E-state index in [0.717, 1.165) is 29.9 Å². The van der Waals surface area contributed by atoms with E-state index >= 15 is 0 Å². The van der Waals surface area contributed by atoms with Crippen LogP contribution in [0.1, 0.15) is 47.5 Å². The molecular weight excluding hydrogens is 335 g/mol. The fourth-order valence-electron chi connectivity index (χ4n) is 3.32. The molecule has 0 fully saturated rings. The lowest BCUT2D eigenvalue weighted by Crippen LogP contribution is -2.08. The molecule has 0 N–H and O–H groups in total. The second kappa shape index (κ2) is 9.50. The third-order valence-electron chi connectivity index (χ3n) is 4.44. The van der Waals surface area contributed by atoms with Crippen LogP contribution in [0.3, 0.4) is 0 Å². The van der Waals surface area contributed by atoms with Gasteiger partial charge in [0.2, 0.25) is 0 Å². The van der Waals surface area contributed by atoms with Gasteiger partial charge in [-0.25, -0.2) is 9.37 Å². The van der Waals surface area contributed by atoms with Crippen LogP contribution < -0.4 is 0 Å². The summed E-state index contributed by atoms with van der Waals surface area (Å²) in [7, 11) is 0. The Morgan fingerprint density at radius 1 is 1.11 bits per heavy atom. The van der Waals surface area contributed by atoms with Gasteiger partial charge in [-0.15, -0.1) is 0 Å². The minimum Gasteiger partial charge on any atom is -0.299 e. The zero-order valence-electron chi connectivity index (χ0n) is 17.2. The maximum atomic E-state index is 13.4. The van der Waals surface area contributed by atoms with Gasteiger partial charge in [0.15, 0.2) is 0 Å². The van der Waals surface area contributed by atoms with Crippen LogP contribution in [0.5, 0.6) is 0 Å². The highest BCUT2D eigenvalue weighted by Crippen LogP contribution is 2.33. The molecule has 0 aliphatic rings. The van der Waals surface area contributed by atoms with Crippen molar-refractivity contribution in [2.45, 2.75) is 47.5 Å². The highest BCUT2D eigenvalue weighted by Gasteiger charge is 2.18. The third-order valence-corrected chi connectivity index (χ3v) is 4.44. The molecule has 0 spiro atoms. The van der Waals surface area contributed by atoms with Crippen LogP contribution >= 0.6 is 0 Å². The van der Waals surface area contributed by atoms with Crippen LogP contribution in [0.25, 0.3) is 17.1 Å². The van der Waals surface area contributed by atoms with Gasteiger partial charge >= 0.3 is 0 Å². The predicted molar refractivity (Wildman–Crippen MR) is 114 cm³/mol. The van der Waals surface area contributed by atoms with Crippen molar-refractivity contribution >= 4 is 5.70 Å². The van der Waals surface area contributed by atoms with Gasteiger partial charge in [-0.05, 0) is 67.0 Å². The van der Waals surface area contributed by atoms with Gasteiger partial charge in [-0.3, -0.25) is 4.57 Å². The number of nitrogens with zero attached hydrogens (tertiary/aromatic N) is 2. The molecule has 0 bridgehead atoms. The van der Waals surface area contributed by atoms with Crippen molar-refractivity contribution in [1.29, 1.82) is 0 Å². The molecule has 0 saturated carbocycles. The monoisotopic (exact) mass is 366 g/mol. The molecule has 0 aliphatic heterocycles. The third kappa shape index (κ3) is 5.29. The van der Waals surface area contributed by atoms with Crippen molar-refractivity contribution in [2.24, 2.45) is 11.8 Å². The lowest BCUT2D eigenvalue weighted by atomic mass is 9.93. The van der Waals surface area contributed by atoms with Crippen molar-refractivity contribution in [2.75, 3.05) is 0 Å². The first kappa shape index (κ1) is 20.9. The van der Waals surface area contributed by atoms with Crippen LogP contribution in [0.15, 0.2) is 66.5 Å². The number of rotatable bonds is 8. The average Bonchev–Trinajstić information content (AvgIpc) is 3.09. The van der Waals surface area contributed by atoms with Crippen LogP contribution in [0.2, 0.25) is 0 Å². The second-order valence-electron chi connectivity index (χ2n) is 7.72. The van der Waals surface area contributed by atoms with Gasteiger partial charge in [0, 0.05) is 18.0 Å². The van der Waals surface area contributed by atoms with E-state index in [1.54, 1.807) is 18.3 Å². The summed E-state index contributed by atoms with van der Waals surface area (Å²) in [5.74, 6) is 1.63. The van der Waals surface area contributed by atoms with E-state index in [0.29, 0.717) is 11.8 Å². The second-order valence-corrected chi connectivity index (χ2v) is 7.72. The molecule has 144 valence electrons. The topological polar surface area (TPSA) is 17.8 Å². The molecule has 2 aromatic rings. The number of aromatic nitrogens is 2. The Morgan fingerprint density at radius 3 is 2.26 bits per heavy atom. The molecule has 1 heterocycles. The van der Waals surface area contributed by atoms with E-state index < -0.39 is 0 Å². The zero-order valence-corrected chi connectivity index (χ0v) is 17.2. The Kier molecular flexibility index (Phi) is 7.35. The van der Waals surface area contributed by atoms with Gasteiger partial charge in [0.25, 0.3) is 0 Å². The lowest BCUT2D eigenvalue weighted by molar-refractivity contribution is 0.628. The average molecular weight is 367 g/mol. The standard InChI is InChI=1S/C24H31FN2/c1-7-19(15-17(3)4)23(20(8-2)16-18(5)6)27-14-13-26-24(27)21-9-11-22(25)12-10-21/h7-14,17-18H,1,15-16H2,2-6H3/b20-8-,23-19-. The maximum absolute atomic E-state index is 13.4. The van der Waals surface area contributed by atoms with Crippen molar-refractivity contribution in [1.82, 2.24) is 9.55 Å². The molecule has 2 nitrogen and oxygen atoms in total. The first-order valence-electron chi connectivity index (χ1n) is 9.68. The molecular formula is C24H31FN2. The van der Waals surface area contributed by atoms with E-state index in [4.69, 9.17) is 0 Å². The molecule has 0 amide bonds. The SMILES string of the molecule is C=C/C(CC(C)C)=C(\C(=C/C)CC(C)C)n1ccnc1-c1ccc(F)cc1. The molecule has 1 aromatic heterocycles. The highest BCUT2D eigenvalue weighted by atomic mass is 19.1. The maximum Gasteiger partial charge on any atom is 0.144 e. The molecule has 2 rings (SSSR count). The van der Waals surface area contributed by atoms with E-state index in [2.05, 4.69) is 56.8 Å². The van der Waals surface area contributed by atoms with Crippen molar-refractivity contribution < 1.29 is 4.39 Å². The van der Waals surface area contributed by atoms with Gasteiger partial charge in [0.05, 0.1) is 5.70 Å². The summed E-state index contributed by atoms with van der Waals surface area (Å²) in [6.45, 7) is 15.1. The summed E-state index contributed by atoms with van der Waals surface area (Å²) in [6, 6.07) is 6.51. The summed E-state index contributed by atoms with van der Waals surface area (Å²) in [6.07, 6.45) is 9.86. The lowest BCUT2D eigenvalue weighted by Gasteiger charge is -2.22. The van der Waals surface area contributed by atoms with E-state index in [-0.39, 0.29) is 5.82 Å². The largest absolute Gasteiger partial charge is 0.299 e. The summed E-state index contributed by atoms with van der Waals surface area (Å²) >= 11 is 0. The number of hydrogen-bond donors (Lipinski definition) is 0. The Morgan fingerprint density at radius 2 is 1.74 bits per heavy atom. The summed E-state index contributed by atoms with van der Waals surface area (Å²) in [4.78, 5) is 4.57. The highest BCUT2D eigenvalue weighted by molar-refractivity contribution is 5.74. The van der Waals surface area contributed by atoms with Gasteiger partial charge in [-0.1, -0.05) is 46.4 Å². The minimum atomic E-state index is -0.242. The van der Waals surface area contributed by atoms with Crippen molar-refractivity contribution in [3.8, 4) is 11.4 Å². The van der Waals surface area contributed by atoms with Crippen LogP contribution in [0, 0.1) is 17.7 Å². The van der Waals surface area contributed by atoms with Gasteiger partial charge in [-0.2, -0.15) is 0 Å². The first-order chi connectivity index (χ1) is 12.9. The minimum absolute atomic E-state index is 0.242. The number of imidazole rings is 1. The molecule has 0 aliphatic carbocycles. The molecule has 3 heteroatoms. The molecule has 0 radical (unpaired) electrons. The van der Waals surface area contributed by atoms with Crippen LogP contribution in [-0.2, 0) is 0 Å². The summed E-state index contributed by atoms with van der Waals surface area (Å²) in [5, 5.41) is 0. The number of halogens is 1. The van der Waals surface area contributed by atoms with Crippen molar-refractivity contribution in [3.63, 3.8) is 0 Å². The zero-order chi connectivity index (χ0) is 20.0. The number of allylic oxidation sites excluding steroid dienone is 5.